The van der Waals surface area contributed by atoms with Crippen LogP contribution >= 0.6 is 35.2 Å². The first-order valence-electron chi connectivity index (χ1n) is 47.3. The van der Waals surface area contributed by atoms with E-state index in [0.717, 1.165) is 134 Å². The van der Waals surface area contributed by atoms with Gasteiger partial charge in [0, 0.05) is 132 Å². The summed E-state index contributed by atoms with van der Waals surface area (Å²) in [5, 5.41) is 15.1. The Morgan fingerprint density at radius 2 is 0.319 bits per heavy atom. The van der Waals surface area contributed by atoms with Crippen molar-refractivity contribution in [1.82, 2.24) is 53.6 Å². The molecule has 660 valence electrons. The van der Waals surface area contributed by atoms with Gasteiger partial charge in [0.2, 0.25) is 0 Å². The molecule has 0 saturated heterocycles. The average molecular weight is 1860 g/mol. The Morgan fingerprint density at radius 3 is 0.596 bits per heavy atom. The number of hydrogen-bond acceptors (Lipinski definition) is 9. The zero-order valence-electron chi connectivity index (χ0n) is 75.6. The standard InChI is InChI=1S/3C42H26N4S/c1-6-16-36-30(11-1)31-12-2-7-17-37(31)45(36)28-23-21-27(22-24-28)29-25-26-35(42-41(29)43-47-44-42)34-15-5-10-20-40(34)46-38-18-8-3-13-32(38)33-14-4-9-19-39(33)46;1-5-13-37-33(9-1)34-10-2-6-14-38(34)45(37)29-21-17-27(18-22-29)31-25-26-32(42-41(31)43-47-44-42)28-19-23-30(24-20-28)46-39-15-7-3-11-35(39)36-12-4-8-16-40(36)46;1-2-10-29(11-3-1)45-39-17-9-6-14-35(39)36-26-28(20-25-40(36)45)32-24-23-31(41-42(32)44-47-43-41)27-18-21-30(22-19-27)46-37-15-7-4-12-33(37)34-13-5-8-16-38(34)46/h3*1-26H. The quantitative estimate of drug-likeness (QED) is 0.121. The maximum Gasteiger partial charge on any atom is 0.113 e. The van der Waals surface area contributed by atoms with Gasteiger partial charge >= 0.3 is 0 Å². The van der Waals surface area contributed by atoms with Gasteiger partial charge in [-0.25, -0.2) is 0 Å². The fourth-order valence-electron chi connectivity index (χ4n) is 22.0. The molecular formula is C126H78N12S3. The topological polar surface area (TPSA) is 107 Å². The summed E-state index contributed by atoms with van der Waals surface area (Å²) in [7, 11) is 0. The predicted molar refractivity (Wildman–Crippen MR) is 591 cm³/mol. The molecule has 0 atom stereocenters. The predicted octanol–water partition coefficient (Wildman–Crippen LogP) is 33.7. The van der Waals surface area contributed by atoms with Gasteiger partial charge in [-0.15, -0.1) is 0 Å². The number of fused-ring (bicyclic) bond motifs is 21. The molecule has 141 heavy (non-hydrogen) atoms. The lowest BCUT2D eigenvalue weighted by Gasteiger charge is -2.15. The molecule has 15 heteroatoms. The van der Waals surface area contributed by atoms with Crippen LogP contribution in [0.25, 0.3) is 265 Å². The largest absolute Gasteiger partial charge is 0.309 e. The first kappa shape index (κ1) is 81.3. The van der Waals surface area contributed by atoms with Crippen LogP contribution in [0.15, 0.2) is 473 Å². The Kier molecular flexibility index (Phi) is 19.3. The average Bonchev–Trinajstić information content (AvgIpc) is 1.59. The Hall–Kier alpha value is -18.1. The summed E-state index contributed by atoms with van der Waals surface area (Å²) in [5.41, 5.74) is 40.2. The summed E-state index contributed by atoms with van der Waals surface area (Å²) in [6, 6.07) is 169. The van der Waals surface area contributed by atoms with Gasteiger partial charge in [0.1, 0.15) is 33.1 Å². The van der Waals surface area contributed by atoms with Crippen LogP contribution in [0.5, 0.6) is 0 Å². The molecule has 30 aromatic rings. The zero-order valence-corrected chi connectivity index (χ0v) is 78.1. The van der Waals surface area contributed by atoms with Crippen LogP contribution in [0.2, 0.25) is 0 Å². The number of hydrogen-bond donors (Lipinski definition) is 0. The number of aromatic nitrogens is 12. The Morgan fingerprint density at radius 1 is 0.128 bits per heavy atom. The summed E-state index contributed by atoms with van der Waals surface area (Å²) >= 11 is 3.82. The van der Waals surface area contributed by atoms with Crippen LogP contribution in [0.1, 0.15) is 0 Å². The summed E-state index contributed by atoms with van der Waals surface area (Å²) in [6.45, 7) is 0. The third-order valence-electron chi connectivity index (χ3n) is 28.3. The van der Waals surface area contributed by atoms with Gasteiger partial charge < -0.3 is 27.4 Å². The molecule has 0 bridgehead atoms. The molecule has 0 N–H and O–H groups in total. The first-order chi connectivity index (χ1) is 70.0. The first-order valence-corrected chi connectivity index (χ1v) is 49.5. The lowest BCUT2D eigenvalue weighted by molar-refractivity contribution is 1.18. The second kappa shape index (κ2) is 33.4. The second-order valence-electron chi connectivity index (χ2n) is 35.8. The summed E-state index contributed by atoms with van der Waals surface area (Å²) in [4.78, 5) is 0. The molecule has 0 aliphatic heterocycles. The van der Waals surface area contributed by atoms with Gasteiger partial charge in [-0.2, -0.15) is 26.2 Å². The van der Waals surface area contributed by atoms with Gasteiger partial charge in [0.05, 0.1) is 107 Å². The van der Waals surface area contributed by atoms with Crippen LogP contribution in [0.4, 0.5) is 0 Å². The van der Waals surface area contributed by atoms with E-state index in [4.69, 9.17) is 26.2 Å². The highest BCUT2D eigenvalue weighted by Gasteiger charge is 2.25. The van der Waals surface area contributed by atoms with E-state index in [2.05, 4.69) is 501 Å². The molecule has 21 aromatic carbocycles. The number of para-hydroxylation sites is 13. The molecule has 30 rings (SSSR count). The van der Waals surface area contributed by atoms with Crippen LogP contribution in [-0.4, -0.2) is 53.6 Å². The third kappa shape index (κ3) is 13.2. The zero-order chi connectivity index (χ0) is 92.7. The van der Waals surface area contributed by atoms with Gasteiger partial charge in [-0.1, -0.05) is 328 Å². The van der Waals surface area contributed by atoms with Crippen molar-refractivity contribution in [1.29, 1.82) is 0 Å². The van der Waals surface area contributed by atoms with Crippen molar-refractivity contribution in [3.63, 3.8) is 0 Å². The van der Waals surface area contributed by atoms with Crippen molar-refractivity contribution in [2.75, 3.05) is 0 Å². The van der Waals surface area contributed by atoms with Crippen molar-refractivity contribution in [3.8, 4) is 101 Å². The lowest BCUT2D eigenvalue weighted by atomic mass is 9.96. The maximum atomic E-state index is 4.87. The highest BCUT2D eigenvalue weighted by molar-refractivity contribution is 7.00. The summed E-state index contributed by atoms with van der Waals surface area (Å²) in [6.07, 6.45) is 0. The number of benzene rings is 21. The Bertz CT molecular complexity index is 9760. The van der Waals surface area contributed by atoms with Crippen LogP contribution in [-0.2, 0) is 0 Å². The van der Waals surface area contributed by atoms with Crippen LogP contribution in [0.3, 0.4) is 0 Å². The van der Waals surface area contributed by atoms with Crippen molar-refractivity contribution < 1.29 is 0 Å². The number of rotatable bonds is 12. The van der Waals surface area contributed by atoms with E-state index in [1.807, 2.05) is 0 Å². The molecule has 9 aromatic heterocycles. The van der Waals surface area contributed by atoms with E-state index in [1.54, 1.807) is 0 Å². The normalized spacial score (nSPS) is 11.8. The molecule has 12 nitrogen and oxygen atoms in total. The van der Waals surface area contributed by atoms with Crippen molar-refractivity contribution in [3.05, 3.63) is 473 Å². The van der Waals surface area contributed by atoms with E-state index < -0.39 is 0 Å². The molecule has 9 heterocycles. The fraction of sp³-hybridized carbons (Fsp3) is 0. The number of nitrogens with zero attached hydrogens (tertiary/aromatic N) is 12. The monoisotopic (exact) mass is 1850 g/mol. The summed E-state index contributed by atoms with van der Waals surface area (Å²) in [5.74, 6) is 0. The molecule has 0 spiro atoms. The van der Waals surface area contributed by atoms with Gasteiger partial charge in [0.25, 0.3) is 0 Å². The van der Waals surface area contributed by atoms with Crippen molar-refractivity contribution in [2.24, 2.45) is 0 Å². The van der Waals surface area contributed by atoms with E-state index in [0.29, 0.717) is 0 Å². The fourth-order valence-corrected chi connectivity index (χ4v) is 23.7. The highest BCUT2D eigenvalue weighted by Crippen LogP contribution is 2.47. The smallest absolute Gasteiger partial charge is 0.113 e. The minimum Gasteiger partial charge on any atom is -0.309 e. The van der Waals surface area contributed by atoms with E-state index in [1.165, 1.54) is 166 Å². The molecule has 0 saturated carbocycles. The lowest BCUT2D eigenvalue weighted by Crippen LogP contribution is -1.97. The van der Waals surface area contributed by atoms with Crippen LogP contribution in [0, 0.1) is 0 Å². The third-order valence-corrected chi connectivity index (χ3v) is 29.9. The molecule has 0 fully saturated rings. The maximum absolute atomic E-state index is 4.87. The second-order valence-corrected chi connectivity index (χ2v) is 37.4. The van der Waals surface area contributed by atoms with Crippen molar-refractivity contribution >= 4 is 199 Å². The SMILES string of the molecule is c1ccc(-n2c3ccccc3c3cc(-c4ccc(-c5ccc(-n6c7ccccc7c7ccccc76)cc5)c5nsnc45)ccc32)cc1.c1ccc(-n2c3ccccc3c3ccccc32)c(-c2ccc(-c3ccc(-n4c5ccccc5c5ccccc54)cc3)c3nsnc23)c1.c1ccc2c(c1)c1ccccc1n2-c1ccc(-c2ccc(-c3ccc(-n4c5ccccc5c5ccccc54)cc3)c3nsnc23)cc1. The van der Waals surface area contributed by atoms with E-state index in [-0.39, 0.29) is 0 Å². The van der Waals surface area contributed by atoms with E-state index in [9.17, 15) is 0 Å². The highest BCUT2D eigenvalue weighted by atomic mass is 32.1. The Labute approximate surface area is 820 Å². The molecule has 0 aliphatic rings. The molecule has 0 radical (unpaired) electrons. The van der Waals surface area contributed by atoms with Crippen LogP contribution < -0.4 is 0 Å². The Balaban J connectivity index is 0.000000104. The van der Waals surface area contributed by atoms with E-state index >= 15 is 0 Å². The molecular weight excluding hydrogens is 1780 g/mol. The van der Waals surface area contributed by atoms with Crippen molar-refractivity contribution in [2.45, 2.75) is 0 Å². The minimum atomic E-state index is 0.923. The molecule has 0 aliphatic carbocycles. The van der Waals surface area contributed by atoms with Gasteiger partial charge in [-0.3, -0.25) is 0 Å². The van der Waals surface area contributed by atoms with Gasteiger partial charge in [0.15, 0.2) is 0 Å². The summed E-state index contributed by atoms with van der Waals surface area (Å²) < 4.78 is 43.0. The molecule has 0 unspecified atom stereocenters. The minimum absolute atomic E-state index is 0.923. The molecule has 0 amide bonds. The van der Waals surface area contributed by atoms with Gasteiger partial charge in [-0.05, 0) is 173 Å².